The molecular formula is C15H26N4O. The van der Waals surface area contributed by atoms with E-state index >= 15 is 0 Å². The van der Waals surface area contributed by atoms with Crippen LogP contribution in [0.4, 0.5) is 0 Å². The first-order valence-corrected chi connectivity index (χ1v) is 6.94. The van der Waals surface area contributed by atoms with Crippen LogP contribution in [0, 0.1) is 10.8 Å². The smallest absolute Gasteiger partial charge is 0.245 e. The number of nitrogens with one attached hydrogen (secondary N) is 1. The summed E-state index contributed by atoms with van der Waals surface area (Å²) >= 11 is 0. The van der Waals surface area contributed by atoms with E-state index in [0.29, 0.717) is 12.5 Å². The molecule has 0 fully saturated rings. The normalized spacial score (nSPS) is 22.3. The van der Waals surface area contributed by atoms with Crippen LogP contribution in [-0.2, 0) is 4.79 Å². The van der Waals surface area contributed by atoms with Crippen LogP contribution in [0.2, 0.25) is 0 Å². The molecule has 1 atom stereocenters. The van der Waals surface area contributed by atoms with E-state index in [1.54, 1.807) is 0 Å². The van der Waals surface area contributed by atoms with Gasteiger partial charge in [0.05, 0.1) is 23.9 Å². The Labute approximate surface area is 121 Å². The second-order valence-electron chi connectivity index (χ2n) is 7.39. The maximum Gasteiger partial charge on any atom is 0.245 e. The summed E-state index contributed by atoms with van der Waals surface area (Å²) in [7, 11) is 0. The van der Waals surface area contributed by atoms with Gasteiger partial charge in [0.25, 0.3) is 0 Å². The van der Waals surface area contributed by atoms with Gasteiger partial charge in [-0.2, -0.15) is 15.3 Å². The molecule has 0 spiro atoms. The van der Waals surface area contributed by atoms with Crippen molar-refractivity contribution in [1.29, 1.82) is 0 Å². The van der Waals surface area contributed by atoms with Gasteiger partial charge in [-0.05, 0) is 5.41 Å². The second-order valence-corrected chi connectivity index (χ2v) is 7.39. The van der Waals surface area contributed by atoms with Crippen molar-refractivity contribution in [1.82, 2.24) is 5.43 Å². The quantitative estimate of drug-likeness (QED) is 0.721. The van der Waals surface area contributed by atoms with Crippen molar-refractivity contribution in [3.63, 3.8) is 0 Å². The molecule has 5 nitrogen and oxygen atoms in total. The minimum absolute atomic E-state index is 0.00456. The Morgan fingerprint density at radius 1 is 1.20 bits per heavy atom. The number of carbonyl (C=O) groups excluding carboxylic acids is 1. The monoisotopic (exact) mass is 278 g/mol. The first-order valence-electron chi connectivity index (χ1n) is 6.94. The van der Waals surface area contributed by atoms with Gasteiger partial charge < -0.3 is 0 Å². The van der Waals surface area contributed by atoms with Crippen LogP contribution >= 0.6 is 0 Å². The number of hydrogen-bond acceptors (Lipinski definition) is 4. The molecule has 1 unspecified atom stereocenters. The van der Waals surface area contributed by atoms with Crippen molar-refractivity contribution in [2.24, 2.45) is 26.2 Å². The van der Waals surface area contributed by atoms with Crippen LogP contribution in [0.5, 0.6) is 0 Å². The molecule has 0 aromatic heterocycles. The number of carbonyl (C=O) groups is 1. The van der Waals surface area contributed by atoms with Gasteiger partial charge in [0.1, 0.15) is 0 Å². The molecular weight excluding hydrogens is 252 g/mol. The minimum Gasteiger partial charge on any atom is -0.273 e. The summed E-state index contributed by atoms with van der Waals surface area (Å²) in [6.45, 7) is 16.4. The maximum absolute atomic E-state index is 10.7. The fourth-order valence-corrected chi connectivity index (χ4v) is 1.73. The van der Waals surface area contributed by atoms with Gasteiger partial charge in [-0.25, -0.2) is 5.43 Å². The lowest BCUT2D eigenvalue weighted by atomic mass is 9.85. The number of amides is 1. The number of rotatable bonds is 0. The van der Waals surface area contributed by atoms with Crippen LogP contribution in [0.25, 0.3) is 0 Å². The molecule has 2 rings (SSSR count). The van der Waals surface area contributed by atoms with E-state index in [4.69, 9.17) is 0 Å². The largest absolute Gasteiger partial charge is 0.273 e. The lowest BCUT2D eigenvalue weighted by Gasteiger charge is -2.22. The maximum atomic E-state index is 10.7. The Morgan fingerprint density at radius 3 is 2.00 bits per heavy atom. The highest BCUT2D eigenvalue weighted by Gasteiger charge is 2.28. The van der Waals surface area contributed by atoms with Gasteiger partial charge in [0.15, 0.2) is 0 Å². The predicted molar refractivity (Wildman–Crippen MR) is 81.5 cm³/mol. The molecule has 1 N–H and O–H groups in total. The molecule has 2 aliphatic heterocycles. The molecule has 0 bridgehead atoms. The zero-order chi connectivity index (χ0) is 15.6. The van der Waals surface area contributed by atoms with Crippen LogP contribution in [0.15, 0.2) is 27.6 Å². The molecule has 2 heterocycles. The summed E-state index contributed by atoms with van der Waals surface area (Å²) in [6.07, 6.45) is 1.40. The van der Waals surface area contributed by atoms with Gasteiger partial charge in [-0.3, -0.25) is 4.79 Å². The molecule has 5 heteroatoms. The van der Waals surface area contributed by atoms with Gasteiger partial charge >= 0.3 is 0 Å². The molecule has 0 saturated carbocycles. The van der Waals surface area contributed by atoms with Crippen molar-refractivity contribution in [2.45, 2.75) is 60.4 Å². The summed E-state index contributed by atoms with van der Waals surface area (Å²) in [5.74, 6) is 0.00456. The molecule has 2 aliphatic rings. The molecule has 0 aromatic carbocycles. The zero-order valence-electron chi connectivity index (χ0n) is 13.4. The third-order valence-corrected chi connectivity index (χ3v) is 3.28. The topological polar surface area (TPSA) is 66.2 Å². The Morgan fingerprint density at radius 2 is 1.80 bits per heavy atom. The fraction of sp³-hybridized carbons (Fsp3) is 0.733. The Balaban J connectivity index is 0.000000200. The zero-order valence-corrected chi connectivity index (χ0v) is 13.4. The molecule has 1 amide bonds. The highest BCUT2D eigenvalue weighted by Crippen LogP contribution is 2.31. The van der Waals surface area contributed by atoms with E-state index in [1.165, 1.54) is 0 Å². The van der Waals surface area contributed by atoms with Crippen molar-refractivity contribution in [3.8, 4) is 0 Å². The molecule has 0 aromatic rings. The molecule has 20 heavy (non-hydrogen) atoms. The van der Waals surface area contributed by atoms with E-state index in [-0.39, 0.29) is 16.7 Å². The summed E-state index contributed by atoms with van der Waals surface area (Å²) in [5, 5.41) is 11.9. The van der Waals surface area contributed by atoms with Crippen LogP contribution in [0.1, 0.15) is 54.4 Å². The summed E-state index contributed by atoms with van der Waals surface area (Å²) in [5.41, 5.74) is 4.55. The Kier molecular flexibility index (Phi) is 4.84. The SMILES string of the molecule is C=C1CC(C(C)(C)C)N=N1.CC(C)(C)C1=NNC(=O)C1. The van der Waals surface area contributed by atoms with Gasteiger partial charge in [-0.1, -0.05) is 48.1 Å². The van der Waals surface area contributed by atoms with Gasteiger partial charge in [-0.15, -0.1) is 0 Å². The van der Waals surface area contributed by atoms with Crippen molar-refractivity contribution < 1.29 is 4.79 Å². The number of azo groups is 1. The van der Waals surface area contributed by atoms with Crippen LogP contribution in [0.3, 0.4) is 0 Å². The minimum atomic E-state index is 0.00456. The Hall–Kier alpha value is -1.52. The standard InChI is InChI=1S/C8H14N2.C7H12N2O/c1-6-5-7(10-9-6)8(2,3)4;1-7(2,3)5-4-6(10)9-8-5/h7H,1,5H2,2-4H3;4H2,1-3H3,(H,9,10). The third kappa shape index (κ3) is 4.87. The first-order chi connectivity index (χ1) is 9.00. The fourth-order valence-electron chi connectivity index (χ4n) is 1.73. The highest BCUT2D eigenvalue weighted by atomic mass is 16.2. The molecule has 0 aliphatic carbocycles. The Bertz CT molecular complexity index is 449. The molecule has 112 valence electrons. The van der Waals surface area contributed by atoms with Crippen LogP contribution in [-0.4, -0.2) is 17.7 Å². The van der Waals surface area contributed by atoms with Crippen LogP contribution < -0.4 is 5.43 Å². The second kappa shape index (κ2) is 5.85. The molecule has 0 saturated heterocycles. The van der Waals surface area contributed by atoms with Crippen molar-refractivity contribution >= 4 is 11.6 Å². The first kappa shape index (κ1) is 16.5. The van der Waals surface area contributed by atoms with E-state index in [9.17, 15) is 4.79 Å². The summed E-state index contributed by atoms with van der Waals surface area (Å²) in [6, 6.07) is 0.347. The number of hydrogen-bond donors (Lipinski definition) is 1. The van der Waals surface area contributed by atoms with E-state index < -0.39 is 0 Å². The molecule has 0 radical (unpaired) electrons. The van der Waals surface area contributed by atoms with E-state index in [2.05, 4.69) is 48.1 Å². The summed E-state index contributed by atoms with van der Waals surface area (Å²) in [4.78, 5) is 10.7. The average molecular weight is 278 g/mol. The number of nitrogens with zero attached hydrogens (tertiary/aromatic N) is 3. The number of hydrazone groups is 1. The lowest BCUT2D eigenvalue weighted by Crippen LogP contribution is -2.21. The lowest BCUT2D eigenvalue weighted by molar-refractivity contribution is -0.119. The highest BCUT2D eigenvalue weighted by molar-refractivity contribution is 6.07. The van der Waals surface area contributed by atoms with Gasteiger partial charge in [0, 0.05) is 11.8 Å². The predicted octanol–water partition coefficient (Wildman–Crippen LogP) is 3.68. The van der Waals surface area contributed by atoms with Crippen molar-refractivity contribution in [3.05, 3.63) is 12.3 Å². The average Bonchev–Trinajstić information content (AvgIpc) is 2.85. The van der Waals surface area contributed by atoms with E-state index in [0.717, 1.165) is 17.8 Å². The van der Waals surface area contributed by atoms with Crippen molar-refractivity contribution in [2.75, 3.05) is 0 Å². The van der Waals surface area contributed by atoms with Gasteiger partial charge in [0.2, 0.25) is 5.91 Å². The third-order valence-electron chi connectivity index (χ3n) is 3.28. The summed E-state index contributed by atoms with van der Waals surface area (Å²) < 4.78 is 0. The van der Waals surface area contributed by atoms with E-state index in [1.807, 2.05) is 20.8 Å².